The summed E-state index contributed by atoms with van der Waals surface area (Å²) >= 11 is 0. The highest BCUT2D eigenvalue weighted by atomic mass is 19.1. The summed E-state index contributed by atoms with van der Waals surface area (Å²) in [6.07, 6.45) is 6.68. The molecule has 10 heteroatoms. The second-order valence-electron chi connectivity index (χ2n) is 13.6. The lowest BCUT2D eigenvalue weighted by Crippen LogP contribution is -2.55. The van der Waals surface area contributed by atoms with E-state index in [1.165, 1.54) is 0 Å². The summed E-state index contributed by atoms with van der Waals surface area (Å²) in [5.41, 5.74) is 1.25. The van der Waals surface area contributed by atoms with Crippen LogP contribution in [0.3, 0.4) is 0 Å². The molecule has 9 nitrogen and oxygen atoms in total. The molecular weight excluding hydrogens is 583 g/mol. The zero-order valence-corrected chi connectivity index (χ0v) is 26.3. The van der Waals surface area contributed by atoms with Crippen molar-refractivity contribution in [3.63, 3.8) is 0 Å². The van der Waals surface area contributed by atoms with Crippen molar-refractivity contribution in [1.82, 2.24) is 25.1 Å². The van der Waals surface area contributed by atoms with Crippen LogP contribution in [0.2, 0.25) is 0 Å². The zero-order chi connectivity index (χ0) is 31.4. The van der Waals surface area contributed by atoms with Crippen molar-refractivity contribution in [1.29, 1.82) is 0 Å². The molecule has 46 heavy (non-hydrogen) atoms. The summed E-state index contributed by atoms with van der Waals surface area (Å²) in [5.74, 6) is 0.338. The van der Waals surface area contributed by atoms with Crippen molar-refractivity contribution in [2.24, 2.45) is 0 Å². The highest BCUT2D eigenvalue weighted by Gasteiger charge is 2.45. The first kappa shape index (κ1) is 29.4. The fourth-order valence-corrected chi connectivity index (χ4v) is 8.71. The van der Waals surface area contributed by atoms with Gasteiger partial charge in [-0.3, -0.25) is 14.6 Å². The lowest BCUT2D eigenvalue weighted by Gasteiger charge is -2.42. The second kappa shape index (κ2) is 11.7. The van der Waals surface area contributed by atoms with Gasteiger partial charge in [0.15, 0.2) is 5.82 Å². The number of phenolic OH excluding ortho intramolecular Hbond substituents is 1. The molecule has 3 aromatic carbocycles. The van der Waals surface area contributed by atoms with Gasteiger partial charge in [0.1, 0.15) is 23.7 Å². The largest absolute Gasteiger partial charge is 0.508 e. The topological polar surface area (TPSA) is 94.1 Å². The van der Waals surface area contributed by atoms with E-state index in [4.69, 9.17) is 14.7 Å². The van der Waals surface area contributed by atoms with Crippen LogP contribution >= 0.6 is 0 Å². The Balaban J connectivity index is 1.18. The van der Waals surface area contributed by atoms with Crippen LogP contribution < -0.4 is 15.0 Å². The van der Waals surface area contributed by atoms with Crippen molar-refractivity contribution in [2.45, 2.75) is 63.1 Å². The molecular formula is C36H41FN6O3. The third-order valence-electron chi connectivity index (χ3n) is 10.9. The number of anilines is 1. The summed E-state index contributed by atoms with van der Waals surface area (Å²) in [5, 5.41) is 15.8. The number of nitrogens with one attached hydrogen (secondary N) is 1. The zero-order valence-electron chi connectivity index (χ0n) is 26.3. The average molecular weight is 625 g/mol. The minimum Gasteiger partial charge on any atom is -0.508 e. The van der Waals surface area contributed by atoms with Crippen LogP contribution in [0, 0.1) is 5.82 Å². The van der Waals surface area contributed by atoms with E-state index in [1.807, 2.05) is 30.3 Å². The molecule has 2 bridgehead atoms. The average Bonchev–Trinajstić information content (AvgIpc) is 3.69. The monoisotopic (exact) mass is 624 g/mol. The fourth-order valence-electron chi connectivity index (χ4n) is 8.71. The molecule has 1 amide bonds. The smallest absolute Gasteiger partial charge is 0.319 e. The van der Waals surface area contributed by atoms with E-state index in [-0.39, 0.29) is 28.7 Å². The Hall–Kier alpha value is -4.02. The SMILES string of the molecule is CC(=O)NCCN1[C@@H]2CC[C@H]1CN(c1nc(OCC34CCCN3CCC4)nc3c(F)c(-c4cc(O)cc5ccccc45)ccc13)C2. The number of phenols is 1. The van der Waals surface area contributed by atoms with E-state index in [0.29, 0.717) is 47.6 Å². The number of carbonyl (C=O) groups excluding carboxylic acids is 1. The maximum atomic E-state index is 16.8. The quantitative estimate of drug-likeness (QED) is 0.280. The molecule has 4 aliphatic heterocycles. The van der Waals surface area contributed by atoms with Crippen LogP contribution in [0.15, 0.2) is 48.5 Å². The third kappa shape index (κ3) is 5.11. The Kier molecular flexibility index (Phi) is 7.44. The Bertz CT molecular complexity index is 1790. The lowest BCUT2D eigenvalue weighted by atomic mass is 9.95. The first-order chi connectivity index (χ1) is 22.4. The Labute approximate surface area is 268 Å². The molecule has 4 saturated heterocycles. The van der Waals surface area contributed by atoms with E-state index in [2.05, 4.69) is 20.0 Å². The number of halogens is 1. The van der Waals surface area contributed by atoms with Crippen LogP contribution in [0.5, 0.6) is 11.8 Å². The molecule has 1 aromatic heterocycles. The summed E-state index contributed by atoms with van der Waals surface area (Å²) in [4.78, 5) is 28.6. The number of aromatic hydroxyl groups is 1. The first-order valence-electron chi connectivity index (χ1n) is 16.7. The van der Waals surface area contributed by atoms with E-state index >= 15 is 4.39 Å². The molecule has 240 valence electrons. The number of amides is 1. The minimum atomic E-state index is -0.444. The molecule has 0 spiro atoms. The molecule has 0 radical (unpaired) electrons. The van der Waals surface area contributed by atoms with Gasteiger partial charge in [-0.1, -0.05) is 30.3 Å². The molecule has 4 aromatic rings. The number of ether oxygens (including phenoxy) is 1. The summed E-state index contributed by atoms with van der Waals surface area (Å²) in [6.45, 7) is 7.22. The Morgan fingerprint density at radius 1 is 1.02 bits per heavy atom. The van der Waals surface area contributed by atoms with Crippen molar-refractivity contribution < 1.29 is 19.0 Å². The van der Waals surface area contributed by atoms with Crippen molar-refractivity contribution in [3.8, 4) is 22.9 Å². The number of nitrogens with zero attached hydrogens (tertiary/aromatic N) is 5. The predicted molar refractivity (Wildman–Crippen MR) is 177 cm³/mol. The summed E-state index contributed by atoms with van der Waals surface area (Å²) in [7, 11) is 0. The maximum Gasteiger partial charge on any atom is 0.319 e. The normalized spacial score (nSPS) is 22.5. The first-order valence-corrected chi connectivity index (χ1v) is 16.7. The maximum absolute atomic E-state index is 16.8. The van der Waals surface area contributed by atoms with Gasteiger partial charge in [-0.05, 0) is 86.1 Å². The highest BCUT2D eigenvalue weighted by molar-refractivity contribution is 6.01. The lowest BCUT2D eigenvalue weighted by molar-refractivity contribution is -0.119. The number of fused-ring (bicyclic) bond motifs is 5. The molecule has 0 unspecified atom stereocenters. The van der Waals surface area contributed by atoms with E-state index < -0.39 is 5.82 Å². The van der Waals surface area contributed by atoms with E-state index in [9.17, 15) is 9.90 Å². The summed E-state index contributed by atoms with van der Waals surface area (Å²) < 4.78 is 23.3. The van der Waals surface area contributed by atoms with Gasteiger partial charge in [0.2, 0.25) is 5.91 Å². The van der Waals surface area contributed by atoms with Crippen LogP contribution in [0.4, 0.5) is 10.2 Å². The second-order valence-corrected chi connectivity index (χ2v) is 13.6. The van der Waals surface area contributed by atoms with E-state index in [1.54, 1.807) is 25.1 Å². The summed E-state index contributed by atoms with van der Waals surface area (Å²) in [6, 6.07) is 15.6. The van der Waals surface area contributed by atoms with Gasteiger partial charge < -0.3 is 20.1 Å². The van der Waals surface area contributed by atoms with Gasteiger partial charge in [-0.25, -0.2) is 4.39 Å². The Morgan fingerprint density at radius 3 is 2.54 bits per heavy atom. The molecule has 0 saturated carbocycles. The Morgan fingerprint density at radius 2 is 1.78 bits per heavy atom. The molecule has 2 N–H and O–H groups in total. The molecule has 4 aliphatic rings. The number of piperazine rings is 1. The van der Waals surface area contributed by atoms with Crippen molar-refractivity contribution in [3.05, 3.63) is 54.3 Å². The van der Waals surface area contributed by atoms with Crippen LogP contribution in [-0.2, 0) is 4.79 Å². The van der Waals surface area contributed by atoms with Crippen molar-refractivity contribution in [2.75, 3.05) is 50.8 Å². The molecule has 2 atom stereocenters. The third-order valence-corrected chi connectivity index (χ3v) is 10.9. The minimum absolute atomic E-state index is 0.0102. The molecule has 0 aliphatic carbocycles. The number of benzene rings is 3. The van der Waals surface area contributed by atoms with Gasteiger partial charge >= 0.3 is 6.01 Å². The number of hydrogen-bond donors (Lipinski definition) is 2. The molecule has 5 heterocycles. The van der Waals surface area contributed by atoms with Gasteiger partial charge in [0.25, 0.3) is 0 Å². The molecule has 4 fully saturated rings. The number of hydrogen-bond acceptors (Lipinski definition) is 8. The number of carbonyl (C=O) groups is 1. The number of aromatic nitrogens is 2. The number of rotatable bonds is 8. The van der Waals surface area contributed by atoms with E-state index in [0.717, 1.165) is 82.0 Å². The van der Waals surface area contributed by atoms with Gasteiger partial charge in [-0.2, -0.15) is 9.97 Å². The van der Waals surface area contributed by atoms with Crippen LogP contribution in [0.1, 0.15) is 45.4 Å². The molecule has 8 rings (SSSR count). The van der Waals surface area contributed by atoms with Gasteiger partial charge in [0, 0.05) is 56.1 Å². The highest BCUT2D eigenvalue weighted by Crippen LogP contribution is 2.42. The standard InChI is InChI=1S/C36H41FN6O3/c1-23(44)38-14-17-43-25-8-9-26(43)21-41(20-25)34-30-11-10-29(31-19-27(45)18-24-6-2-3-7-28(24)31)32(37)33(30)39-35(40-34)46-22-36-12-4-15-42(36)16-5-13-36/h2-3,6-7,10-11,18-19,25-26,45H,4-5,8-9,12-17,20-22H2,1H3,(H,38,44)/t25-,26+. The van der Waals surface area contributed by atoms with Gasteiger partial charge in [-0.15, -0.1) is 0 Å². The van der Waals surface area contributed by atoms with Crippen LogP contribution in [-0.4, -0.2) is 94.3 Å². The predicted octanol–water partition coefficient (Wildman–Crippen LogP) is 5.09. The van der Waals surface area contributed by atoms with Gasteiger partial charge in [0.05, 0.1) is 5.54 Å². The van der Waals surface area contributed by atoms with Crippen molar-refractivity contribution >= 4 is 33.4 Å². The van der Waals surface area contributed by atoms with Crippen LogP contribution in [0.25, 0.3) is 32.8 Å². The fraction of sp³-hybridized carbons (Fsp3) is 0.472.